The number of carbonyl (C=O) groups excluding carboxylic acids is 2. The number of anilines is 2. The van der Waals surface area contributed by atoms with Crippen LogP contribution in [0.3, 0.4) is 0 Å². The minimum atomic E-state index is -0.763. The van der Waals surface area contributed by atoms with Gasteiger partial charge in [-0.3, -0.25) is 9.69 Å². The van der Waals surface area contributed by atoms with Crippen LogP contribution in [0.2, 0.25) is 0 Å². The topological polar surface area (TPSA) is 123 Å². The quantitative estimate of drug-likeness (QED) is 0.341. The average Bonchev–Trinajstić information content (AvgIpc) is 3.55. The van der Waals surface area contributed by atoms with E-state index in [9.17, 15) is 14.0 Å². The number of pyridine rings is 1. The Hall–Kier alpha value is -4.10. The van der Waals surface area contributed by atoms with Gasteiger partial charge in [-0.05, 0) is 38.5 Å². The highest BCUT2D eigenvalue weighted by Gasteiger charge is 2.35. The average molecular weight is 568 g/mol. The highest BCUT2D eigenvalue weighted by Crippen LogP contribution is 2.31. The molecule has 13 heteroatoms. The van der Waals surface area contributed by atoms with Gasteiger partial charge in [0.25, 0.3) is 0 Å². The maximum atomic E-state index is 13.2. The number of thiazole rings is 1. The van der Waals surface area contributed by atoms with Gasteiger partial charge in [0.1, 0.15) is 28.8 Å². The molecule has 40 heavy (non-hydrogen) atoms. The number of hydrogen-bond donors (Lipinski definition) is 2. The van der Waals surface area contributed by atoms with Gasteiger partial charge in [-0.15, -0.1) is 0 Å². The van der Waals surface area contributed by atoms with Crippen molar-refractivity contribution in [2.24, 2.45) is 0 Å². The molecule has 1 fully saturated rings. The zero-order chi connectivity index (χ0) is 28.3. The number of imidazole rings is 1. The minimum Gasteiger partial charge on any atom is -0.444 e. The Morgan fingerprint density at radius 3 is 2.75 bits per heavy atom. The monoisotopic (exact) mass is 567 g/mol. The van der Waals surface area contributed by atoms with Crippen LogP contribution in [-0.4, -0.2) is 74.4 Å². The maximum Gasteiger partial charge on any atom is 0.411 e. The molecule has 1 aromatic carbocycles. The Kier molecular flexibility index (Phi) is 7.94. The van der Waals surface area contributed by atoms with E-state index in [1.165, 1.54) is 28.4 Å². The van der Waals surface area contributed by atoms with Gasteiger partial charge in [-0.2, -0.15) is 0 Å². The van der Waals surface area contributed by atoms with Gasteiger partial charge < -0.3 is 24.7 Å². The van der Waals surface area contributed by atoms with Crippen molar-refractivity contribution in [1.82, 2.24) is 29.7 Å². The van der Waals surface area contributed by atoms with Crippen molar-refractivity contribution in [2.45, 2.75) is 39.0 Å². The van der Waals surface area contributed by atoms with E-state index in [4.69, 9.17) is 9.47 Å². The van der Waals surface area contributed by atoms with Gasteiger partial charge in [-0.25, -0.2) is 24.1 Å². The van der Waals surface area contributed by atoms with Crippen LogP contribution in [0.15, 0.2) is 49.1 Å². The Bertz CT molecular complexity index is 1500. The van der Waals surface area contributed by atoms with E-state index in [0.29, 0.717) is 36.2 Å². The molecule has 1 aliphatic heterocycles. The molecule has 210 valence electrons. The van der Waals surface area contributed by atoms with Crippen LogP contribution >= 0.6 is 11.3 Å². The standard InChI is InChI=1S/C27H30FN7O4S/c1-27(2,3)39-26(37)35-10-11-38-15-21(35)24(36)29-8-9-34-16-32-19-13-30-23(12-20(19)34)33-25-31-14-22(40-25)17-4-6-18(28)7-5-17/h4-7,12-14,16,21H,8-11,15H2,1-3H3,(H,29,36)(H,30,31,33)/t21-/m0/s1. The summed E-state index contributed by atoms with van der Waals surface area (Å²) in [5, 5.41) is 6.76. The minimum absolute atomic E-state index is 0.111. The number of carbonyl (C=O) groups is 2. The number of nitrogens with one attached hydrogen (secondary N) is 2. The van der Waals surface area contributed by atoms with Crippen molar-refractivity contribution < 1.29 is 23.5 Å². The van der Waals surface area contributed by atoms with Crippen LogP contribution in [-0.2, 0) is 20.8 Å². The SMILES string of the molecule is CC(C)(C)OC(=O)N1CCOC[C@H]1C(=O)NCCn1cnc2cnc(Nc3ncc(-c4ccc(F)cc4)s3)cc21. The molecule has 0 aliphatic carbocycles. The van der Waals surface area contributed by atoms with Crippen LogP contribution in [0.5, 0.6) is 0 Å². The number of rotatable bonds is 7. The third kappa shape index (κ3) is 6.54. The second kappa shape index (κ2) is 11.6. The number of fused-ring (bicyclic) bond motifs is 1. The summed E-state index contributed by atoms with van der Waals surface area (Å²) in [6.45, 7) is 6.88. The van der Waals surface area contributed by atoms with Crippen LogP contribution < -0.4 is 10.6 Å². The van der Waals surface area contributed by atoms with E-state index in [-0.39, 0.29) is 24.9 Å². The fourth-order valence-electron chi connectivity index (χ4n) is 4.17. The molecule has 1 atom stereocenters. The second-order valence-corrected chi connectivity index (χ2v) is 11.2. The Morgan fingerprint density at radius 2 is 1.98 bits per heavy atom. The third-order valence-electron chi connectivity index (χ3n) is 6.09. The van der Waals surface area contributed by atoms with E-state index in [1.807, 2.05) is 10.6 Å². The molecule has 0 unspecified atom stereocenters. The second-order valence-electron chi connectivity index (χ2n) is 10.2. The van der Waals surface area contributed by atoms with Crippen molar-refractivity contribution in [2.75, 3.05) is 31.6 Å². The molecule has 4 aromatic rings. The number of morpholine rings is 1. The maximum absolute atomic E-state index is 13.2. The number of hydrogen-bond acceptors (Lipinski definition) is 9. The Balaban J connectivity index is 1.20. The molecule has 2 amide bonds. The van der Waals surface area contributed by atoms with Gasteiger partial charge in [-0.1, -0.05) is 23.5 Å². The van der Waals surface area contributed by atoms with Gasteiger partial charge >= 0.3 is 6.09 Å². The molecule has 0 bridgehead atoms. The van der Waals surface area contributed by atoms with E-state index in [2.05, 4.69) is 25.6 Å². The molecule has 11 nitrogen and oxygen atoms in total. The summed E-state index contributed by atoms with van der Waals surface area (Å²) >= 11 is 1.43. The zero-order valence-electron chi connectivity index (χ0n) is 22.4. The first-order valence-corrected chi connectivity index (χ1v) is 13.6. The number of nitrogens with zero attached hydrogens (tertiary/aromatic N) is 5. The molecule has 0 saturated carbocycles. The van der Waals surface area contributed by atoms with Crippen LogP contribution in [0.1, 0.15) is 20.8 Å². The highest BCUT2D eigenvalue weighted by atomic mass is 32.1. The molecule has 5 rings (SSSR count). The lowest BCUT2D eigenvalue weighted by molar-refractivity contribution is -0.132. The number of halogens is 1. The van der Waals surface area contributed by atoms with E-state index in [1.54, 1.807) is 51.6 Å². The predicted octanol–water partition coefficient (Wildman–Crippen LogP) is 4.19. The summed E-state index contributed by atoms with van der Waals surface area (Å²) in [6.07, 6.45) is 4.55. The molecule has 3 aromatic heterocycles. The summed E-state index contributed by atoms with van der Waals surface area (Å²) in [4.78, 5) is 41.1. The van der Waals surface area contributed by atoms with Gasteiger partial charge in [0.05, 0.1) is 36.1 Å². The molecular formula is C27H30FN7O4S. The Morgan fingerprint density at radius 1 is 1.18 bits per heavy atom. The molecule has 0 spiro atoms. The fourth-order valence-corrected chi connectivity index (χ4v) is 5.00. The summed E-state index contributed by atoms with van der Waals surface area (Å²) in [7, 11) is 0. The van der Waals surface area contributed by atoms with Gasteiger partial charge in [0, 0.05) is 31.9 Å². The van der Waals surface area contributed by atoms with E-state index < -0.39 is 17.7 Å². The van der Waals surface area contributed by atoms with Crippen LogP contribution in [0.25, 0.3) is 21.5 Å². The number of amides is 2. The van der Waals surface area contributed by atoms with Crippen molar-refractivity contribution in [1.29, 1.82) is 0 Å². The number of aromatic nitrogens is 4. The summed E-state index contributed by atoms with van der Waals surface area (Å²) in [6, 6.07) is 7.36. The largest absolute Gasteiger partial charge is 0.444 e. The first kappa shape index (κ1) is 27.5. The lowest BCUT2D eigenvalue weighted by Gasteiger charge is -2.35. The molecule has 1 aliphatic rings. The highest BCUT2D eigenvalue weighted by molar-refractivity contribution is 7.18. The predicted molar refractivity (Wildman–Crippen MR) is 149 cm³/mol. The van der Waals surface area contributed by atoms with Crippen molar-refractivity contribution in [3.63, 3.8) is 0 Å². The smallest absolute Gasteiger partial charge is 0.411 e. The van der Waals surface area contributed by atoms with Crippen molar-refractivity contribution >= 4 is 45.3 Å². The van der Waals surface area contributed by atoms with E-state index >= 15 is 0 Å². The summed E-state index contributed by atoms with van der Waals surface area (Å²) < 4.78 is 26.1. The summed E-state index contributed by atoms with van der Waals surface area (Å²) in [5.41, 5.74) is 1.76. The fraction of sp³-hybridized carbons (Fsp3) is 0.370. The number of ether oxygens (including phenoxy) is 2. The molecule has 0 radical (unpaired) electrons. The third-order valence-corrected chi connectivity index (χ3v) is 7.05. The lowest BCUT2D eigenvalue weighted by atomic mass is 10.2. The molecule has 2 N–H and O–H groups in total. The summed E-state index contributed by atoms with van der Waals surface area (Å²) in [5.74, 6) is -0.00329. The van der Waals surface area contributed by atoms with Crippen LogP contribution in [0, 0.1) is 5.82 Å². The van der Waals surface area contributed by atoms with Crippen molar-refractivity contribution in [3.8, 4) is 10.4 Å². The van der Waals surface area contributed by atoms with Gasteiger partial charge in [0.15, 0.2) is 5.13 Å². The Labute approximate surface area is 234 Å². The van der Waals surface area contributed by atoms with E-state index in [0.717, 1.165) is 16.0 Å². The molecular weight excluding hydrogens is 537 g/mol. The molecule has 1 saturated heterocycles. The normalized spacial score (nSPS) is 15.7. The van der Waals surface area contributed by atoms with Crippen molar-refractivity contribution in [3.05, 3.63) is 54.9 Å². The zero-order valence-corrected chi connectivity index (χ0v) is 23.2. The van der Waals surface area contributed by atoms with Gasteiger partial charge in [0.2, 0.25) is 5.91 Å². The first-order chi connectivity index (χ1) is 19.2. The van der Waals surface area contributed by atoms with Crippen LogP contribution in [0.4, 0.5) is 20.1 Å². The molecule has 4 heterocycles. The first-order valence-electron chi connectivity index (χ1n) is 12.8. The number of benzene rings is 1. The lowest BCUT2D eigenvalue weighted by Crippen LogP contribution is -2.57.